The smallest absolute Gasteiger partial charge is 0.229 e. The number of hydrogen-bond acceptors (Lipinski definition) is 6. The molecule has 12 aromatic carbocycles. The topological polar surface area (TPSA) is 124 Å². The Balaban J connectivity index is 0.000000114. The van der Waals surface area contributed by atoms with Gasteiger partial charge in [0.2, 0.25) is 28.5 Å². The first kappa shape index (κ1) is 77.0. The van der Waals surface area contributed by atoms with E-state index in [2.05, 4.69) is 264 Å². The predicted octanol–water partition coefficient (Wildman–Crippen LogP) is 26.3. The Bertz CT molecular complexity index is 7660. The van der Waals surface area contributed by atoms with Crippen LogP contribution in [0.1, 0.15) is 55.6 Å². The molecule has 0 radical (unpaired) electrons. The molecule has 8 heterocycles. The first-order valence-electron chi connectivity index (χ1n) is 39.9. The highest BCUT2D eigenvalue weighted by Gasteiger charge is 2.29. The van der Waals surface area contributed by atoms with Crippen LogP contribution in [0.15, 0.2) is 309 Å². The number of benzene rings is 12. The summed E-state index contributed by atoms with van der Waals surface area (Å²) < 4.78 is 33.9. The Hall–Kier alpha value is -15.6. The highest BCUT2D eigenvalue weighted by molar-refractivity contribution is 6.19. The van der Waals surface area contributed by atoms with E-state index >= 15 is 0 Å². The minimum Gasteiger partial charge on any atom is -0.466 e. The molecular weight excluding hydrogens is 1470 g/mol. The summed E-state index contributed by atoms with van der Waals surface area (Å²) in [4.78, 5) is 7.52. The van der Waals surface area contributed by atoms with Gasteiger partial charge < -0.3 is 17.7 Å². The lowest BCUT2D eigenvalue weighted by Crippen LogP contribution is -2.30. The molecule has 0 atom stereocenters. The van der Waals surface area contributed by atoms with Crippen molar-refractivity contribution in [2.24, 2.45) is 28.2 Å². The molecule has 0 aliphatic carbocycles. The Morgan fingerprint density at radius 1 is 0.283 bits per heavy atom. The number of rotatable bonds is 8. The normalized spacial score (nSPS) is 11.1. The summed E-state index contributed by atoms with van der Waals surface area (Å²) in [6.07, 6.45) is 8.14. The van der Waals surface area contributed by atoms with Gasteiger partial charge >= 0.3 is 0 Å². The number of aryl methyl sites for hydroxylation is 12. The maximum atomic E-state index is 10.1. The third kappa shape index (κ3) is 14.0. The largest absolute Gasteiger partial charge is 0.466 e. The van der Waals surface area contributed by atoms with E-state index in [1.165, 1.54) is 22.3 Å². The quantitative estimate of drug-likeness (QED) is 0.110. The molecule has 0 amide bonds. The van der Waals surface area contributed by atoms with Crippen LogP contribution in [0.4, 0.5) is 11.4 Å². The number of hydrogen-bond donors (Lipinski definition) is 0. The van der Waals surface area contributed by atoms with Gasteiger partial charge in [-0.25, -0.2) is 28.0 Å². The molecule has 576 valence electrons. The van der Waals surface area contributed by atoms with Gasteiger partial charge in [-0.2, -0.15) is 10.5 Å². The van der Waals surface area contributed by atoms with E-state index in [1.807, 2.05) is 151 Å². The maximum absolute atomic E-state index is 10.1. The molecule has 0 spiro atoms. The van der Waals surface area contributed by atoms with Crippen LogP contribution < -0.4 is 18.3 Å². The summed E-state index contributed by atoms with van der Waals surface area (Å²) in [5.74, 6) is 0. The van der Waals surface area contributed by atoms with Crippen LogP contribution in [0.5, 0.6) is 0 Å². The van der Waals surface area contributed by atoms with Crippen LogP contribution in [-0.4, -0.2) is 0 Å². The second-order valence-corrected chi connectivity index (χ2v) is 31.1. The van der Waals surface area contributed by atoms with Crippen LogP contribution in [0.25, 0.3) is 187 Å². The molecule has 0 aliphatic rings. The second-order valence-electron chi connectivity index (χ2n) is 31.1. The molecule has 12 nitrogen and oxygen atoms in total. The van der Waals surface area contributed by atoms with E-state index in [9.17, 15) is 10.5 Å². The fraction of sp³-hybridized carbons (Fsp3) is 0.111. The van der Waals surface area contributed by atoms with Crippen LogP contribution in [0.3, 0.4) is 0 Å². The minimum absolute atomic E-state index is 0.540. The van der Waals surface area contributed by atoms with Gasteiger partial charge in [0.05, 0.1) is 52.6 Å². The van der Waals surface area contributed by atoms with Gasteiger partial charge in [-0.1, -0.05) is 180 Å². The van der Waals surface area contributed by atoms with Gasteiger partial charge in [-0.15, -0.1) is 0 Å². The molecule has 120 heavy (non-hydrogen) atoms. The molecule has 0 saturated heterocycles. The van der Waals surface area contributed by atoms with Crippen molar-refractivity contribution in [3.05, 3.63) is 370 Å². The molecule has 20 aromatic rings. The monoisotopic (exact) mass is 1560 g/mol. The summed E-state index contributed by atoms with van der Waals surface area (Å²) in [6.45, 7) is 32.0. The number of aromatic nitrogens is 4. The van der Waals surface area contributed by atoms with E-state index < -0.39 is 0 Å². The molecule has 12 heteroatoms. The lowest BCUT2D eigenvalue weighted by Gasteiger charge is -2.07. The minimum atomic E-state index is 0.540. The average molecular weight is 1560 g/mol. The Kier molecular flexibility index (Phi) is 20.5. The molecule has 0 fully saturated rings. The lowest BCUT2D eigenvalue weighted by atomic mass is 9.94. The number of nitriles is 2. The summed E-state index contributed by atoms with van der Waals surface area (Å²) in [6, 6.07) is 95.8. The number of fused-ring (bicyclic) bond motifs is 12. The highest BCUT2D eigenvalue weighted by atomic mass is 16.3. The zero-order valence-electron chi connectivity index (χ0n) is 68.9. The predicted molar refractivity (Wildman–Crippen MR) is 483 cm³/mol. The Morgan fingerprint density at radius 3 is 1.18 bits per heavy atom. The van der Waals surface area contributed by atoms with Crippen molar-refractivity contribution in [1.82, 2.24) is 0 Å². The van der Waals surface area contributed by atoms with Crippen molar-refractivity contribution >= 4 is 99.1 Å². The van der Waals surface area contributed by atoms with Crippen molar-refractivity contribution < 1.29 is 35.9 Å². The summed E-state index contributed by atoms with van der Waals surface area (Å²) in [7, 11) is 8.14. The zero-order chi connectivity index (χ0) is 83.3. The fourth-order valence-electron chi connectivity index (χ4n) is 16.7. The molecule has 0 bridgehead atoms. The number of pyridine rings is 4. The first-order chi connectivity index (χ1) is 58.3. The average Bonchev–Trinajstić information content (AvgIpc) is 1.59. The molecular formula is C108H84N8O4+4. The molecule has 0 N–H and O–H groups in total. The zero-order valence-corrected chi connectivity index (χ0v) is 68.9. The summed E-state index contributed by atoms with van der Waals surface area (Å²) in [5, 5.41) is 27.8. The number of nitrogens with zero attached hydrogens (tertiary/aromatic N) is 8. The van der Waals surface area contributed by atoms with Gasteiger partial charge in [0, 0.05) is 97.2 Å². The third-order valence-electron chi connectivity index (χ3n) is 23.1. The highest BCUT2D eigenvalue weighted by Crippen LogP contribution is 2.48. The van der Waals surface area contributed by atoms with Crippen molar-refractivity contribution in [1.29, 1.82) is 10.5 Å². The van der Waals surface area contributed by atoms with Crippen LogP contribution in [-0.2, 0) is 28.2 Å². The van der Waals surface area contributed by atoms with Crippen molar-refractivity contribution in [3.8, 4) is 102 Å². The van der Waals surface area contributed by atoms with Crippen LogP contribution in [0.2, 0.25) is 0 Å². The summed E-state index contributed by atoms with van der Waals surface area (Å²) in [5.41, 5.74) is 35.0. The maximum Gasteiger partial charge on any atom is 0.229 e. The summed E-state index contributed by atoms with van der Waals surface area (Å²) >= 11 is 0. The first-order valence-corrected chi connectivity index (χ1v) is 39.9. The molecule has 0 aliphatic heterocycles. The molecule has 8 aromatic heterocycles. The van der Waals surface area contributed by atoms with E-state index in [0.717, 1.165) is 194 Å². The van der Waals surface area contributed by atoms with E-state index in [0.29, 0.717) is 28.1 Å². The van der Waals surface area contributed by atoms with Gasteiger partial charge in [-0.05, 0) is 177 Å². The van der Waals surface area contributed by atoms with Gasteiger partial charge in [0.1, 0.15) is 73.3 Å². The second kappa shape index (κ2) is 31.9. The van der Waals surface area contributed by atoms with Crippen LogP contribution >= 0.6 is 0 Å². The van der Waals surface area contributed by atoms with Gasteiger partial charge in [0.15, 0.2) is 36.1 Å². The molecule has 20 rings (SSSR count). The Morgan fingerprint density at radius 2 is 0.692 bits per heavy atom. The third-order valence-corrected chi connectivity index (χ3v) is 23.1. The van der Waals surface area contributed by atoms with E-state index in [-0.39, 0.29) is 0 Å². The molecule has 0 saturated carbocycles. The van der Waals surface area contributed by atoms with E-state index in [4.69, 9.17) is 30.8 Å². The fourth-order valence-corrected chi connectivity index (χ4v) is 16.7. The molecule has 0 unspecified atom stereocenters. The van der Waals surface area contributed by atoms with Crippen molar-refractivity contribution in [3.63, 3.8) is 0 Å². The Labute approximate surface area is 696 Å². The van der Waals surface area contributed by atoms with Gasteiger partial charge in [-0.3, -0.25) is 0 Å². The van der Waals surface area contributed by atoms with Crippen LogP contribution in [0, 0.1) is 91.2 Å². The van der Waals surface area contributed by atoms with Crippen molar-refractivity contribution in [2.75, 3.05) is 0 Å². The SMILES string of the molecule is Cc1ccc(-c2ccc3oc4c(-c5cccc[n+]5C)c(C)cc(C#N)c4c3c2)cc1.Cc1ccc(-c2ccc3oc4c(-c5cccc[n+]5C)c(C)ccc4c3c2C#N)cc1.[C-]#[N+]c1cc2oc3c(-c4cccc[n+]4C)c(C)ccc3c2cc1-c1ccc(C)cc1.[C-]#[N+]c1ccc(-c2ccc(C)cc2)c2c1oc1c(-c3cccc[n+]3C)c(C)ccc12. The van der Waals surface area contributed by atoms with E-state index in [1.54, 1.807) is 0 Å². The standard InChI is InChI=1S/4C27H21N2O/c1-17-8-11-19(12-9-17)20-14-15-22(28-3)27-25(20)21-13-10-18(2)24(26(21)30-27)23-7-5-6-16-29(23)4;1-17-8-11-19(12-9-17)21-15-22-20-13-10-18(2)26(24-7-5-6-14-29(24)4)27(20)30-25(22)16-23(21)28-3;1-17-7-10-19(11-8-17)20-13-14-24-26(22(20)16-28)21-12-9-18(2)25(27(21)30-24)23-6-4-5-15-29(23)3;1-17-7-9-19(10-8-17)20-11-12-24-22(15-20)26-21(16-28)14-18(2)25(27(26)30-24)23-6-4-5-13-29(23)3/h2*5-16H,1-2,4H3;2*4-15H,1-3H3/q4*+1. The van der Waals surface area contributed by atoms with Crippen molar-refractivity contribution in [2.45, 2.75) is 55.4 Å². The lowest BCUT2D eigenvalue weighted by molar-refractivity contribution is -0.660. The van der Waals surface area contributed by atoms with Gasteiger partial charge in [0.25, 0.3) is 0 Å². The number of furan rings is 4.